The second-order valence-electron chi connectivity index (χ2n) is 6.08. The number of amides is 2. The van der Waals surface area contributed by atoms with E-state index in [1.165, 1.54) is 10.9 Å². The second kappa shape index (κ2) is 5.93. The fourth-order valence-corrected chi connectivity index (χ4v) is 3.29. The van der Waals surface area contributed by atoms with Crippen molar-refractivity contribution in [3.63, 3.8) is 0 Å². The van der Waals surface area contributed by atoms with Crippen LogP contribution < -0.4 is 10.6 Å². The Morgan fingerprint density at radius 1 is 1.43 bits per heavy atom. The lowest BCUT2D eigenvalue weighted by molar-refractivity contribution is -0.579. The van der Waals surface area contributed by atoms with Gasteiger partial charge in [-0.2, -0.15) is 0 Å². The van der Waals surface area contributed by atoms with Crippen molar-refractivity contribution in [1.82, 2.24) is 10.6 Å². The number of carbonyl (C=O) groups excluding carboxylic acids is 1. The lowest BCUT2D eigenvalue weighted by Crippen LogP contribution is -2.51. The Morgan fingerprint density at radius 3 is 2.67 bits per heavy atom. The molecule has 2 amide bonds. The van der Waals surface area contributed by atoms with Gasteiger partial charge in [0, 0.05) is 0 Å². The molecule has 2 aliphatic rings. The number of hydrogen-bond acceptors (Lipinski definition) is 4. The van der Waals surface area contributed by atoms with E-state index in [1.54, 1.807) is 0 Å². The summed E-state index contributed by atoms with van der Waals surface area (Å²) in [5.74, 6) is 0.292. The molecule has 4 N–H and O–H groups in total. The van der Waals surface area contributed by atoms with Crippen LogP contribution in [0, 0.1) is 0 Å². The molecule has 1 unspecified atom stereocenters. The van der Waals surface area contributed by atoms with Crippen molar-refractivity contribution < 1.29 is 24.3 Å². The zero-order valence-electron chi connectivity index (χ0n) is 12.3. The van der Waals surface area contributed by atoms with Gasteiger partial charge in [0.2, 0.25) is 12.0 Å². The Morgan fingerprint density at radius 2 is 2.10 bits per heavy atom. The number of rotatable bonds is 4. The van der Waals surface area contributed by atoms with Gasteiger partial charge in [-0.15, -0.1) is 13.2 Å². The highest BCUT2D eigenvalue weighted by atomic mass is 31.2. The van der Waals surface area contributed by atoms with Crippen LogP contribution in [0.15, 0.2) is 12.4 Å². The lowest BCUT2D eigenvalue weighted by atomic mass is 10.1. The smallest absolute Gasteiger partial charge is 0.387 e. The van der Waals surface area contributed by atoms with Gasteiger partial charge in [-0.25, -0.2) is 20.0 Å². The Labute approximate surface area is 124 Å². The molecule has 0 aromatic heterocycles. The van der Waals surface area contributed by atoms with Gasteiger partial charge >= 0.3 is 6.03 Å². The largest absolute Gasteiger partial charge is 0.440 e. The number of nitrogens with zero attached hydrogens (tertiary/aromatic N) is 1. The molecule has 0 aromatic carbocycles. The number of urea groups is 1. The third kappa shape index (κ3) is 3.74. The summed E-state index contributed by atoms with van der Waals surface area (Å²) < 4.78 is 7.23. The van der Waals surface area contributed by atoms with Gasteiger partial charge in [0.1, 0.15) is 12.2 Å². The maximum atomic E-state index is 11.2. The molecular formula is C13H23N3O4P+. The topological polar surface area (TPSA) is 93.8 Å². The lowest BCUT2D eigenvalue weighted by Gasteiger charge is -2.21. The van der Waals surface area contributed by atoms with E-state index < -0.39 is 37.5 Å². The molecule has 1 fully saturated rings. The van der Waals surface area contributed by atoms with Crippen LogP contribution >= 0.6 is 6.89 Å². The van der Waals surface area contributed by atoms with E-state index in [2.05, 4.69) is 36.8 Å². The highest BCUT2D eigenvalue weighted by Gasteiger charge is 2.47. The SMILES string of the molecule is C=C1NC(=O)NC=[N+]1C1O[C@H](CCP(=C)(C)C)[C@@H](O)[C@H]1O. The van der Waals surface area contributed by atoms with Gasteiger partial charge in [-0.1, -0.05) is 0 Å². The molecule has 1 saturated heterocycles. The molecule has 0 aliphatic carbocycles. The maximum absolute atomic E-state index is 11.2. The van der Waals surface area contributed by atoms with Crippen molar-refractivity contribution in [2.45, 2.75) is 31.0 Å². The van der Waals surface area contributed by atoms with Crippen molar-refractivity contribution in [1.29, 1.82) is 0 Å². The molecule has 0 spiro atoms. The number of carbonyl (C=O) groups is 1. The van der Waals surface area contributed by atoms with Crippen LogP contribution in [0.4, 0.5) is 4.79 Å². The average Bonchev–Trinajstić information content (AvgIpc) is 2.64. The summed E-state index contributed by atoms with van der Waals surface area (Å²) in [5, 5.41) is 25.2. The van der Waals surface area contributed by atoms with Crippen molar-refractivity contribution in [2.24, 2.45) is 0 Å². The zero-order chi connectivity index (χ0) is 15.8. The van der Waals surface area contributed by atoms with E-state index in [9.17, 15) is 15.0 Å². The van der Waals surface area contributed by atoms with E-state index in [0.29, 0.717) is 12.2 Å². The minimum Gasteiger partial charge on any atom is -0.387 e. The van der Waals surface area contributed by atoms with E-state index in [-0.39, 0.29) is 0 Å². The van der Waals surface area contributed by atoms with Gasteiger partial charge in [0.25, 0.3) is 0 Å². The molecule has 2 heterocycles. The van der Waals surface area contributed by atoms with Crippen molar-refractivity contribution in [2.75, 3.05) is 19.5 Å². The zero-order valence-corrected chi connectivity index (χ0v) is 13.2. The number of hydrogen-bond donors (Lipinski definition) is 4. The van der Waals surface area contributed by atoms with E-state index in [4.69, 9.17) is 4.74 Å². The standard InChI is InChI=1S/C13H22N3O4P/c1-8-15-13(19)14-7-16(8)12-11(18)10(17)9(20-12)5-6-21(2,3)4/h7,9-12,17-18H,1-2,5-6H2,3-4H3,(H,15,19)/p+1/t9-,10-,11-,12?/m1/s1. The van der Waals surface area contributed by atoms with Crippen LogP contribution in [0.5, 0.6) is 0 Å². The van der Waals surface area contributed by atoms with Crippen molar-refractivity contribution >= 4 is 25.6 Å². The normalized spacial score (nSPS) is 33.4. The molecule has 7 nitrogen and oxygen atoms in total. The summed E-state index contributed by atoms with van der Waals surface area (Å²) in [6, 6.07) is -0.399. The van der Waals surface area contributed by atoms with Crippen LogP contribution in [0.1, 0.15) is 6.42 Å². The van der Waals surface area contributed by atoms with Gasteiger partial charge < -0.3 is 14.9 Å². The summed E-state index contributed by atoms with van der Waals surface area (Å²) in [5.41, 5.74) is 0. The molecule has 0 aromatic rings. The molecular weight excluding hydrogens is 293 g/mol. The number of aliphatic hydroxyl groups excluding tert-OH is 2. The molecule has 0 bridgehead atoms. The first-order valence-electron chi connectivity index (χ1n) is 6.76. The van der Waals surface area contributed by atoms with E-state index in [0.717, 1.165) is 6.16 Å². The molecule has 0 saturated carbocycles. The first-order valence-corrected chi connectivity index (χ1v) is 9.81. The summed E-state index contributed by atoms with van der Waals surface area (Å²) in [6.45, 7) is 6.71. The van der Waals surface area contributed by atoms with Crippen molar-refractivity contribution in [3.05, 3.63) is 12.4 Å². The van der Waals surface area contributed by atoms with Gasteiger partial charge in [0.15, 0.2) is 6.34 Å². The van der Waals surface area contributed by atoms with Crippen LogP contribution in [0.2, 0.25) is 0 Å². The molecule has 2 aliphatic heterocycles. The Balaban J connectivity index is 2.08. The van der Waals surface area contributed by atoms with Crippen LogP contribution in [0.25, 0.3) is 0 Å². The fourth-order valence-electron chi connectivity index (χ4n) is 2.34. The maximum Gasteiger partial charge on any atom is 0.440 e. The third-order valence-corrected chi connectivity index (χ3v) is 5.00. The summed E-state index contributed by atoms with van der Waals surface area (Å²) >= 11 is 0. The number of aliphatic hydroxyl groups is 2. The highest BCUT2D eigenvalue weighted by Crippen LogP contribution is 2.38. The molecule has 8 heteroatoms. The quantitative estimate of drug-likeness (QED) is 0.410. The van der Waals surface area contributed by atoms with Gasteiger partial charge in [-0.05, 0) is 32.5 Å². The highest BCUT2D eigenvalue weighted by molar-refractivity contribution is 7.72. The minimum absolute atomic E-state index is 0.292. The summed E-state index contributed by atoms with van der Waals surface area (Å²) in [4.78, 5) is 11.2. The Hall–Kier alpha value is -1.14. The molecule has 0 radical (unpaired) electrons. The first-order chi connectivity index (χ1) is 9.69. The molecule has 118 valence electrons. The summed E-state index contributed by atoms with van der Waals surface area (Å²) in [7, 11) is 0. The molecule has 2 rings (SSSR count). The average molecular weight is 316 g/mol. The second-order valence-corrected chi connectivity index (χ2v) is 10.4. The predicted octanol–water partition coefficient (Wildman–Crippen LogP) is -0.643. The van der Waals surface area contributed by atoms with Crippen molar-refractivity contribution in [3.8, 4) is 0 Å². The van der Waals surface area contributed by atoms with Crippen LogP contribution in [-0.2, 0) is 4.74 Å². The van der Waals surface area contributed by atoms with E-state index >= 15 is 0 Å². The number of ether oxygens (including phenoxy) is 1. The molecule has 21 heavy (non-hydrogen) atoms. The first kappa shape index (κ1) is 16.2. The third-order valence-electron chi connectivity index (χ3n) is 3.53. The van der Waals surface area contributed by atoms with Gasteiger partial charge in [-0.3, -0.25) is 0 Å². The molecule has 4 atom stereocenters. The number of nitrogens with one attached hydrogen (secondary N) is 2. The minimum atomic E-state index is -1.22. The summed E-state index contributed by atoms with van der Waals surface area (Å²) in [6.07, 6.45) is 3.73. The van der Waals surface area contributed by atoms with Crippen LogP contribution in [-0.4, -0.2) is 77.5 Å². The van der Waals surface area contributed by atoms with E-state index in [1.807, 2.05) is 0 Å². The fraction of sp³-hybridized carbons (Fsp3) is 0.615. The van der Waals surface area contributed by atoms with Crippen LogP contribution in [0.3, 0.4) is 0 Å². The Kier molecular flexibility index (Phi) is 4.58. The van der Waals surface area contributed by atoms with Gasteiger partial charge in [0.05, 0.1) is 6.10 Å². The predicted molar refractivity (Wildman–Crippen MR) is 83.2 cm³/mol. The Bertz CT molecular complexity index is 528. The monoisotopic (exact) mass is 316 g/mol.